The normalized spacial score (nSPS) is 14.8. The maximum absolute atomic E-state index is 12.3. The number of oxazole rings is 1. The number of quaternary nitrogens is 1. The number of thioether (sulfide) groups is 1. The van der Waals surface area contributed by atoms with Crippen LogP contribution in [0.25, 0.3) is 11.1 Å². The molecule has 1 aliphatic heterocycles. The van der Waals surface area contributed by atoms with Gasteiger partial charge in [-0.2, -0.15) is 0 Å². The lowest BCUT2D eigenvalue weighted by Gasteiger charge is -2.32. The predicted octanol–water partition coefficient (Wildman–Crippen LogP) is -0.722. The van der Waals surface area contributed by atoms with Gasteiger partial charge in [0.2, 0.25) is 0 Å². The van der Waals surface area contributed by atoms with Crippen LogP contribution in [0.1, 0.15) is 0 Å². The molecule has 156 valence electrons. The fourth-order valence-electron chi connectivity index (χ4n) is 2.93. The number of para-hydroxylation sites is 2. The average molecular weight is 421 g/mol. The molecule has 29 heavy (non-hydrogen) atoms. The number of amides is 2. The Bertz CT molecular complexity index is 843. The highest BCUT2D eigenvalue weighted by atomic mass is 32.2. The molecule has 1 aromatic carbocycles. The number of aromatic nitrogens is 1. The van der Waals surface area contributed by atoms with Gasteiger partial charge in [-0.15, -0.1) is 0 Å². The van der Waals surface area contributed by atoms with Gasteiger partial charge in [-0.3, -0.25) is 14.4 Å². The standard InChI is InChI=1S/C19H24N4O5S/c1-21(2)16(24)11-22-7-9-23(10-8-22)17(25)12-27-18(26)13-29-19-20-14-5-3-4-6-15(14)28-19/h3-6H,7-13H2,1-2H3/p+1. The van der Waals surface area contributed by atoms with Crippen molar-refractivity contribution in [2.45, 2.75) is 5.22 Å². The van der Waals surface area contributed by atoms with Gasteiger partial charge < -0.3 is 23.9 Å². The molecular weight excluding hydrogens is 396 g/mol. The van der Waals surface area contributed by atoms with E-state index in [0.717, 1.165) is 22.2 Å². The van der Waals surface area contributed by atoms with Crippen LogP contribution in [-0.2, 0) is 19.1 Å². The minimum atomic E-state index is -0.494. The zero-order valence-corrected chi connectivity index (χ0v) is 17.4. The molecule has 1 aromatic heterocycles. The van der Waals surface area contributed by atoms with Crippen molar-refractivity contribution in [3.05, 3.63) is 24.3 Å². The molecule has 0 atom stereocenters. The highest BCUT2D eigenvalue weighted by Gasteiger charge is 2.26. The fraction of sp³-hybridized carbons (Fsp3) is 0.474. The van der Waals surface area contributed by atoms with Crippen LogP contribution in [-0.4, -0.2) is 91.7 Å². The molecule has 3 rings (SSSR count). The van der Waals surface area contributed by atoms with Crippen LogP contribution in [0.3, 0.4) is 0 Å². The molecular formula is C19H25N4O5S+. The van der Waals surface area contributed by atoms with Gasteiger partial charge in [0.25, 0.3) is 17.0 Å². The summed E-state index contributed by atoms with van der Waals surface area (Å²) in [6.07, 6.45) is 0. The molecule has 10 heteroatoms. The largest absolute Gasteiger partial charge is 0.455 e. The number of benzene rings is 1. The van der Waals surface area contributed by atoms with Crippen LogP contribution in [0.5, 0.6) is 0 Å². The number of carbonyl (C=O) groups is 3. The Morgan fingerprint density at radius 1 is 1.24 bits per heavy atom. The van der Waals surface area contributed by atoms with E-state index in [1.165, 1.54) is 0 Å². The number of piperazine rings is 1. The summed E-state index contributed by atoms with van der Waals surface area (Å²) >= 11 is 1.13. The third-order valence-electron chi connectivity index (χ3n) is 4.67. The van der Waals surface area contributed by atoms with Crippen molar-refractivity contribution in [3.8, 4) is 0 Å². The van der Waals surface area contributed by atoms with Crippen molar-refractivity contribution >= 4 is 40.6 Å². The van der Waals surface area contributed by atoms with Crippen LogP contribution in [0, 0.1) is 0 Å². The quantitative estimate of drug-likeness (QED) is 0.465. The van der Waals surface area contributed by atoms with Crippen LogP contribution in [0.4, 0.5) is 0 Å². The van der Waals surface area contributed by atoms with E-state index in [1.54, 1.807) is 30.0 Å². The van der Waals surface area contributed by atoms with E-state index in [2.05, 4.69) is 4.98 Å². The first-order chi connectivity index (χ1) is 13.9. The number of nitrogens with one attached hydrogen (secondary N) is 1. The SMILES string of the molecule is CN(C)C(=O)C[NH+]1CCN(C(=O)COC(=O)CSc2nc3ccccc3o2)CC1. The first-order valence-electron chi connectivity index (χ1n) is 9.38. The van der Waals surface area contributed by atoms with E-state index in [0.29, 0.717) is 43.5 Å². The molecule has 0 bridgehead atoms. The number of fused-ring (bicyclic) bond motifs is 1. The predicted molar refractivity (Wildman–Crippen MR) is 107 cm³/mol. The Morgan fingerprint density at radius 2 is 1.97 bits per heavy atom. The third-order valence-corrected chi connectivity index (χ3v) is 5.47. The van der Waals surface area contributed by atoms with E-state index in [-0.39, 0.29) is 24.2 Å². The van der Waals surface area contributed by atoms with E-state index >= 15 is 0 Å². The summed E-state index contributed by atoms with van der Waals surface area (Å²) in [5, 5.41) is 0.390. The zero-order chi connectivity index (χ0) is 20.8. The molecule has 9 nitrogen and oxygen atoms in total. The smallest absolute Gasteiger partial charge is 0.316 e. The molecule has 0 aliphatic carbocycles. The molecule has 0 spiro atoms. The first kappa shape index (κ1) is 21.1. The van der Waals surface area contributed by atoms with Gasteiger partial charge in [-0.1, -0.05) is 23.9 Å². The summed E-state index contributed by atoms with van der Waals surface area (Å²) in [6, 6.07) is 7.35. The summed E-state index contributed by atoms with van der Waals surface area (Å²) in [5.74, 6) is -0.621. The Kier molecular flexibility index (Phi) is 7.10. The van der Waals surface area contributed by atoms with Crippen LogP contribution >= 0.6 is 11.8 Å². The molecule has 1 fully saturated rings. The van der Waals surface area contributed by atoms with Gasteiger partial charge in [-0.25, -0.2) is 4.98 Å². The number of hydrogen-bond acceptors (Lipinski definition) is 7. The zero-order valence-electron chi connectivity index (χ0n) is 16.6. The summed E-state index contributed by atoms with van der Waals surface area (Å²) < 4.78 is 10.6. The monoisotopic (exact) mass is 421 g/mol. The van der Waals surface area contributed by atoms with Crippen molar-refractivity contribution in [1.29, 1.82) is 0 Å². The highest BCUT2D eigenvalue weighted by Crippen LogP contribution is 2.23. The number of hydrogen-bond donors (Lipinski definition) is 1. The van der Waals surface area contributed by atoms with Crippen LogP contribution in [0.15, 0.2) is 33.9 Å². The van der Waals surface area contributed by atoms with Crippen LogP contribution < -0.4 is 4.90 Å². The second-order valence-corrected chi connectivity index (χ2v) is 7.92. The molecule has 2 amide bonds. The maximum atomic E-state index is 12.3. The van der Waals surface area contributed by atoms with Crippen LogP contribution in [0.2, 0.25) is 0 Å². The van der Waals surface area contributed by atoms with Gasteiger partial charge in [0, 0.05) is 14.1 Å². The molecule has 1 N–H and O–H groups in total. The van der Waals surface area contributed by atoms with Gasteiger partial charge >= 0.3 is 5.97 Å². The van der Waals surface area contributed by atoms with Gasteiger partial charge in [-0.05, 0) is 12.1 Å². The number of esters is 1. The maximum Gasteiger partial charge on any atom is 0.316 e. The fourth-order valence-corrected chi connectivity index (χ4v) is 3.57. The molecule has 1 aliphatic rings. The highest BCUT2D eigenvalue weighted by molar-refractivity contribution is 7.99. The molecule has 0 saturated carbocycles. The van der Waals surface area contributed by atoms with E-state index < -0.39 is 5.97 Å². The number of likely N-dealkylation sites (N-methyl/N-ethyl adjacent to an activating group) is 1. The van der Waals surface area contributed by atoms with E-state index in [9.17, 15) is 14.4 Å². The van der Waals surface area contributed by atoms with E-state index in [1.807, 2.05) is 18.2 Å². The van der Waals surface area contributed by atoms with Crippen molar-refractivity contribution in [2.75, 3.05) is 59.2 Å². The topological polar surface area (TPSA) is 97.4 Å². The Balaban J connectivity index is 1.36. The number of carbonyl (C=O) groups excluding carboxylic acids is 3. The van der Waals surface area contributed by atoms with Crippen molar-refractivity contribution in [3.63, 3.8) is 0 Å². The minimum Gasteiger partial charge on any atom is -0.455 e. The summed E-state index contributed by atoms with van der Waals surface area (Å²) in [5.41, 5.74) is 1.39. The Morgan fingerprint density at radius 3 is 2.66 bits per heavy atom. The average Bonchev–Trinajstić information content (AvgIpc) is 3.14. The Hall–Kier alpha value is -2.59. The number of ether oxygens (including phenoxy) is 1. The van der Waals surface area contributed by atoms with Gasteiger partial charge in [0.05, 0.1) is 26.2 Å². The Labute approximate surface area is 173 Å². The first-order valence-corrected chi connectivity index (χ1v) is 10.4. The van der Waals surface area contributed by atoms with E-state index in [4.69, 9.17) is 9.15 Å². The van der Waals surface area contributed by atoms with Crippen molar-refractivity contribution in [2.24, 2.45) is 0 Å². The van der Waals surface area contributed by atoms with Crippen molar-refractivity contribution in [1.82, 2.24) is 14.8 Å². The summed E-state index contributed by atoms with van der Waals surface area (Å²) in [4.78, 5) is 44.6. The molecule has 0 unspecified atom stereocenters. The number of nitrogens with zero attached hydrogens (tertiary/aromatic N) is 3. The lowest BCUT2D eigenvalue weighted by Crippen LogP contribution is -3.15. The van der Waals surface area contributed by atoms with Gasteiger partial charge in [0.15, 0.2) is 18.7 Å². The second kappa shape index (κ2) is 9.75. The van der Waals surface area contributed by atoms with Gasteiger partial charge in [0.1, 0.15) is 11.3 Å². The molecule has 2 aromatic rings. The molecule has 0 radical (unpaired) electrons. The second-order valence-electron chi connectivity index (χ2n) is 6.99. The summed E-state index contributed by atoms with van der Waals surface area (Å²) in [7, 11) is 3.47. The third kappa shape index (κ3) is 5.94. The molecule has 2 heterocycles. The molecule has 1 saturated heterocycles. The lowest BCUT2D eigenvalue weighted by molar-refractivity contribution is -0.896. The minimum absolute atomic E-state index is 0.0185. The van der Waals surface area contributed by atoms with Crippen molar-refractivity contribution < 1.29 is 28.4 Å². The summed E-state index contributed by atoms with van der Waals surface area (Å²) in [6.45, 7) is 2.64. The lowest BCUT2D eigenvalue weighted by atomic mass is 10.3. The number of rotatable bonds is 7.